The molecule has 0 aromatic heterocycles. The highest BCUT2D eigenvalue weighted by Gasteiger charge is 2.31. The zero-order valence-corrected chi connectivity index (χ0v) is 13.5. The molecular weight excluding hydrogens is 250 g/mol. The van der Waals surface area contributed by atoms with Crippen LogP contribution >= 0.6 is 11.8 Å². The molecule has 0 saturated heterocycles. The van der Waals surface area contributed by atoms with Crippen LogP contribution in [-0.4, -0.2) is 11.3 Å². The van der Waals surface area contributed by atoms with Gasteiger partial charge in [-0.3, -0.25) is 0 Å². The second kappa shape index (κ2) is 6.32. The smallest absolute Gasteiger partial charge is 0.0228 e. The number of benzene rings is 1. The summed E-state index contributed by atoms with van der Waals surface area (Å²) in [6, 6.07) is 7.23. The van der Waals surface area contributed by atoms with Gasteiger partial charge in [-0.2, -0.15) is 11.8 Å². The first-order valence-corrected chi connectivity index (χ1v) is 8.45. The van der Waals surface area contributed by atoms with E-state index in [-0.39, 0.29) is 0 Å². The molecule has 4 unspecified atom stereocenters. The van der Waals surface area contributed by atoms with E-state index in [0.717, 1.165) is 17.6 Å². The van der Waals surface area contributed by atoms with Crippen LogP contribution in [0.4, 0.5) is 0 Å². The summed E-state index contributed by atoms with van der Waals surface area (Å²) in [7, 11) is 0. The minimum absolute atomic E-state index is 0.370. The molecule has 1 aromatic carbocycles. The van der Waals surface area contributed by atoms with E-state index in [9.17, 15) is 0 Å². The number of nitrogens with two attached hydrogens (primary N) is 1. The van der Waals surface area contributed by atoms with Crippen molar-refractivity contribution in [1.29, 1.82) is 0 Å². The van der Waals surface area contributed by atoms with E-state index >= 15 is 0 Å². The zero-order chi connectivity index (χ0) is 14.0. The van der Waals surface area contributed by atoms with E-state index in [4.69, 9.17) is 5.73 Å². The first-order chi connectivity index (χ1) is 8.95. The molecule has 1 aliphatic rings. The zero-order valence-electron chi connectivity index (χ0n) is 12.6. The van der Waals surface area contributed by atoms with E-state index in [1.807, 2.05) is 0 Å². The highest BCUT2D eigenvalue weighted by molar-refractivity contribution is 7.99. The maximum absolute atomic E-state index is 6.36. The minimum atomic E-state index is 0.370. The molecule has 0 amide bonds. The molecule has 4 atom stereocenters. The molecule has 0 heterocycles. The predicted molar refractivity (Wildman–Crippen MR) is 86.5 cm³/mol. The van der Waals surface area contributed by atoms with Crippen LogP contribution in [-0.2, 0) is 5.75 Å². The van der Waals surface area contributed by atoms with Gasteiger partial charge >= 0.3 is 0 Å². The quantitative estimate of drug-likeness (QED) is 0.891. The molecule has 0 radical (unpaired) electrons. The first-order valence-electron chi connectivity index (χ1n) is 7.40. The van der Waals surface area contributed by atoms with Gasteiger partial charge in [0.05, 0.1) is 0 Å². The van der Waals surface area contributed by atoms with Gasteiger partial charge in [0, 0.05) is 17.0 Å². The van der Waals surface area contributed by atoms with Gasteiger partial charge in [0.25, 0.3) is 0 Å². The van der Waals surface area contributed by atoms with Crippen molar-refractivity contribution in [2.45, 2.75) is 57.6 Å². The monoisotopic (exact) mass is 277 g/mol. The Morgan fingerprint density at radius 2 is 1.74 bits per heavy atom. The lowest BCUT2D eigenvalue weighted by molar-refractivity contribution is 0.279. The molecule has 1 nitrogen and oxygen atoms in total. The third kappa shape index (κ3) is 4.00. The molecule has 1 fully saturated rings. The highest BCUT2D eigenvalue weighted by Crippen LogP contribution is 2.36. The Hall–Kier alpha value is -0.470. The van der Waals surface area contributed by atoms with Crippen LogP contribution in [0.5, 0.6) is 0 Å². The van der Waals surface area contributed by atoms with Gasteiger partial charge in [-0.1, -0.05) is 43.2 Å². The van der Waals surface area contributed by atoms with Crippen molar-refractivity contribution < 1.29 is 0 Å². The van der Waals surface area contributed by atoms with Crippen molar-refractivity contribution in [3.63, 3.8) is 0 Å². The lowest BCUT2D eigenvalue weighted by atomic mass is 9.80. The van der Waals surface area contributed by atoms with Gasteiger partial charge < -0.3 is 5.73 Å². The van der Waals surface area contributed by atoms with Crippen molar-refractivity contribution in [3.05, 3.63) is 34.9 Å². The van der Waals surface area contributed by atoms with Gasteiger partial charge in [-0.05, 0) is 44.1 Å². The van der Waals surface area contributed by atoms with Crippen molar-refractivity contribution in [2.75, 3.05) is 0 Å². The maximum Gasteiger partial charge on any atom is 0.0228 e. The van der Waals surface area contributed by atoms with Crippen LogP contribution in [0.25, 0.3) is 0 Å². The van der Waals surface area contributed by atoms with Crippen LogP contribution in [0.3, 0.4) is 0 Å². The van der Waals surface area contributed by atoms with Crippen LogP contribution in [0, 0.1) is 25.7 Å². The van der Waals surface area contributed by atoms with Gasteiger partial charge in [0.1, 0.15) is 0 Å². The Morgan fingerprint density at radius 1 is 1.11 bits per heavy atom. The lowest BCUT2D eigenvalue weighted by Crippen LogP contribution is -2.42. The molecule has 0 bridgehead atoms. The lowest BCUT2D eigenvalue weighted by Gasteiger charge is -2.37. The third-order valence-electron chi connectivity index (χ3n) is 4.16. The van der Waals surface area contributed by atoms with Crippen LogP contribution < -0.4 is 5.73 Å². The summed E-state index contributed by atoms with van der Waals surface area (Å²) in [4.78, 5) is 0. The van der Waals surface area contributed by atoms with Crippen molar-refractivity contribution in [1.82, 2.24) is 0 Å². The summed E-state index contributed by atoms with van der Waals surface area (Å²) in [5.41, 5.74) is 10.5. The number of rotatable bonds is 3. The molecule has 2 rings (SSSR count). The summed E-state index contributed by atoms with van der Waals surface area (Å²) in [5, 5.41) is 0.622. The molecule has 0 spiro atoms. The maximum atomic E-state index is 6.36. The van der Waals surface area contributed by atoms with E-state index < -0.39 is 0 Å². The largest absolute Gasteiger partial charge is 0.327 e. The van der Waals surface area contributed by atoms with Crippen LogP contribution in [0.2, 0.25) is 0 Å². The summed E-state index contributed by atoms with van der Waals surface area (Å²) < 4.78 is 0. The van der Waals surface area contributed by atoms with Gasteiger partial charge in [-0.15, -0.1) is 0 Å². The number of hydrogen-bond acceptors (Lipinski definition) is 2. The van der Waals surface area contributed by atoms with E-state index in [1.165, 1.54) is 29.5 Å². The standard InChI is InChI=1S/C17H27NS/c1-11-5-12(2)8-15(7-11)10-19-17-14(4)6-13(3)9-16(17)18/h5,7-8,13-14,16-17H,6,9-10,18H2,1-4H3. The van der Waals surface area contributed by atoms with E-state index in [2.05, 4.69) is 57.7 Å². The van der Waals surface area contributed by atoms with Crippen LogP contribution in [0.1, 0.15) is 43.4 Å². The second-order valence-electron chi connectivity index (χ2n) is 6.49. The fraction of sp³-hybridized carbons (Fsp3) is 0.647. The topological polar surface area (TPSA) is 26.0 Å². The SMILES string of the molecule is Cc1cc(C)cc(CSC2C(C)CC(C)CC2N)c1. The first kappa shape index (κ1) is 14.9. The van der Waals surface area contributed by atoms with Gasteiger partial charge in [-0.25, -0.2) is 0 Å². The van der Waals surface area contributed by atoms with Gasteiger partial charge in [0.2, 0.25) is 0 Å². The van der Waals surface area contributed by atoms with Crippen molar-refractivity contribution >= 4 is 11.8 Å². The third-order valence-corrected chi connectivity index (χ3v) is 5.85. The Kier molecular flexibility index (Phi) is 4.97. The summed E-state index contributed by atoms with van der Waals surface area (Å²) in [6.45, 7) is 9.06. The molecule has 106 valence electrons. The van der Waals surface area contributed by atoms with E-state index in [1.54, 1.807) is 0 Å². The molecule has 1 saturated carbocycles. The number of aryl methyl sites for hydroxylation is 2. The Bertz CT molecular complexity index is 397. The Balaban J connectivity index is 1.97. The predicted octanol–water partition coefficient (Wildman–Crippen LogP) is 4.30. The number of thioether (sulfide) groups is 1. The van der Waals surface area contributed by atoms with Crippen molar-refractivity contribution in [2.24, 2.45) is 17.6 Å². The summed E-state index contributed by atoms with van der Waals surface area (Å²) in [5.74, 6) is 2.64. The molecule has 2 N–H and O–H groups in total. The number of hydrogen-bond donors (Lipinski definition) is 1. The second-order valence-corrected chi connectivity index (χ2v) is 7.66. The van der Waals surface area contributed by atoms with E-state index in [0.29, 0.717) is 11.3 Å². The normalized spacial score (nSPS) is 31.4. The fourth-order valence-corrected chi connectivity index (χ4v) is 4.87. The summed E-state index contributed by atoms with van der Waals surface area (Å²) in [6.07, 6.45) is 2.52. The average molecular weight is 277 g/mol. The molecule has 1 aromatic rings. The van der Waals surface area contributed by atoms with Crippen molar-refractivity contribution in [3.8, 4) is 0 Å². The fourth-order valence-electron chi connectivity index (χ4n) is 3.52. The highest BCUT2D eigenvalue weighted by atomic mass is 32.2. The molecule has 0 aliphatic heterocycles. The molecule has 19 heavy (non-hydrogen) atoms. The Morgan fingerprint density at radius 3 is 2.32 bits per heavy atom. The minimum Gasteiger partial charge on any atom is -0.327 e. The molecular formula is C17H27NS. The molecule has 1 aliphatic carbocycles. The van der Waals surface area contributed by atoms with Gasteiger partial charge in [0.15, 0.2) is 0 Å². The van der Waals surface area contributed by atoms with Crippen LogP contribution in [0.15, 0.2) is 18.2 Å². The average Bonchev–Trinajstić information content (AvgIpc) is 2.25. The Labute approximate surface area is 122 Å². The molecule has 2 heteroatoms. The summed E-state index contributed by atoms with van der Waals surface area (Å²) >= 11 is 2.06.